The molecule has 11 heteroatoms. The minimum Gasteiger partial charge on any atom is -0.450 e. The molecule has 35 heavy (non-hydrogen) atoms. The second kappa shape index (κ2) is 12.4. The van der Waals surface area contributed by atoms with Crippen molar-refractivity contribution in [3.63, 3.8) is 0 Å². The standard InChI is InChI=1S/C24H26ClF3N4O3/c1-2-35-24(34)31-17-7-5-16(6-8-17)30-23(29-13-14-3-9-18(25)20(27)11-14)32-22(33)15-4-10-19(26)21(28)12-15/h3-4,9-12,16-17H,2,5-8,13H2,1H3,(H,31,34)(H2,29,30,32,33). The van der Waals surface area contributed by atoms with Gasteiger partial charge in [-0.2, -0.15) is 0 Å². The number of hydrogen-bond acceptors (Lipinski definition) is 4. The Balaban J connectivity index is 1.68. The molecule has 1 aliphatic carbocycles. The number of carbonyl (C=O) groups excluding carboxylic acids is 2. The van der Waals surface area contributed by atoms with Crippen LogP contribution in [0.15, 0.2) is 41.4 Å². The van der Waals surface area contributed by atoms with Crippen molar-refractivity contribution < 1.29 is 27.5 Å². The lowest BCUT2D eigenvalue weighted by Gasteiger charge is -2.30. The Morgan fingerprint density at radius 2 is 1.66 bits per heavy atom. The molecule has 0 radical (unpaired) electrons. The summed E-state index contributed by atoms with van der Waals surface area (Å²) in [4.78, 5) is 28.6. The van der Waals surface area contributed by atoms with Gasteiger partial charge in [0.1, 0.15) is 5.82 Å². The third-order valence-electron chi connectivity index (χ3n) is 5.48. The van der Waals surface area contributed by atoms with Gasteiger partial charge in [-0.3, -0.25) is 10.1 Å². The van der Waals surface area contributed by atoms with E-state index >= 15 is 0 Å². The molecule has 1 fully saturated rings. The summed E-state index contributed by atoms with van der Waals surface area (Å²) in [5, 5.41) is 8.54. The van der Waals surface area contributed by atoms with E-state index in [1.54, 1.807) is 13.0 Å². The molecule has 3 N–H and O–H groups in total. The molecule has 1 aliphatic rings. The molecule has 0 saturated heterocycles. The first-order valence-electron chi connectivity index (χ1n) is 11.2. The molecule has 3 rings (SSSR count). The molecule has 0 heterocycles. The van der Waals surface area contributed by atoms with E-state index in [9.17, 15) is 22.8 Å². The van der Waals surface area contributed by atoms with Crippen LogP contribution in [0, 0.1) is 17.5 Å². The summed E-state index contributed by atoms with van der Waals surface area (Å²) < 4.78 is 45.5. The molecule has 0 spiro atoms. The fourth-order valence-corrected chi connectivity index (χ4v) is 3.78. The van der Waals surface area contributed by atoms with E-state index in [-0.39, 0.29) is 41.8 Å². The Morgan fingerprint density at radius 1 is 0.971 bits per heavy atom. The van der Waals surface area contributed by atoms with Gasteiger partial charge in [-0.25, -0.2) is 23.0 Å². The van der Waals surface area contributed by atoms with E-state index in [2.05, 4.69) is 20.9 Å². The van der Waals surface area contributed by atoms with Gasteiger partial charge in [0, 0.05) is 17.6 Å². The number of nitrogens with zero attached hydrogens (tertiary/aromatic N) is 1. The third kappa shape index (κ3) is 7.88. The summed E-state index contributed by atoms with van der Waals surface area (Å²) in [6, 6.07) is 6.98. The van der Waals surface area contributed by atoms with Gasteiger partial charge in [0.15, 0.2) is 17.6 Å². The maximum absolute atomic E-state index is 13.8. The highest BCUT2D eigenvalue weighted by Gasteiger charge is 2.24. The highest BCUT2D eigenvalue weighted by Crippen LogP contribution is 2.19. The van der Waals surface area contributed by atoms with Crippen molar-refractivity contribution in [1.82, 2.24) is 16.0 Å². The van der Waals surface area contributed by atoms with Crippen LogP contribution >= 0.6 is 11.6 Å². The lowest BCUT2D eigenvalue weighted by Crippen LogP contribution is -2.49. The average Bonchev–Trinajstić information content (AvgIpc) is 2.82. The van der Waals surface area contributed by atoms with Crippen LogP contribution in [0.25, 0.3) is 0 Å². The second-order valence-corrected chi connectivity index (χ2v) is 8.46. The number of amides is 2. The Labute approximate surface area is 206 Å². The minimum atomic E-state index is -1.15. The van der Waals surface area contributed by atoms with Crippen LogP contribution in [0.1, 0.15) is 48.5 Å². The van der Waals surface area contributed by atoms with Gasteiger partial charge < -0.3 is 15.4 Å². The summed E-state index contributed by atoms with van der Waals surface area (Å²) in [6.45, 7) is 2.06. The zero-order chi connectivity index (χ0) is 25.4. The highest BCUT2D eigenvalue weighted by atomic mass is 35.5. The number of alkyl carbamates (subject to hydrolysis) is 1. The van der Waals surface area contributed by atoms with Crippen LogP contribution in [0.4, 0.5) is 18.0 Å². The largest absolute Gasteiger partial charge is 0.450 e. The molecule has 2 aromatic carbocycles. The third-order valence-corrected chi connectivity index (χ3v) is 5.79. The summed E-state index contributed by atoms with van der Waals surface area (Å²) in [5.74, 6) is -3.38. The van der Waals surface area contributed by atoms with E-state index in [0.717, 1.165) is 18.2 Å². The Hall–Kier alpha value is -3.27. The molecule has 2 aromatic rings. The topological polar surface area (TPSA) is 91.8 Å². The van der Waals surface area contributed by atoms with E-state index < -0.39 is 29.5 Å². The van der Waals surface area contributed by atoms with Crippen molar-refractivity contribution in [1.29, 1.82) is 0 Å². The van der Waals surface area contributed by atoms with Gasteiger partial charge >= 0.3 is 6.09 Å². The quantitative estimate of drug-likeness (QED) is 0.388. The molecule has 0 atom stereocenters. The summed E-state index contributed by atoms with van der Waals surface area (Å²) in [5.41, 5.74) is 0.439. The predicted molar refractivity (Wildman–Crippen MR) is 126 cm³/mol. The fourth-order valence-electron chi connectivity index (χ4n) is 3.66. The first kappa shape index (κ1) is 26.3. The van der Waals surface area contributed by atoms with Crippen molar-refractivity contribution in [2.24, 2.45) is 4.99 Å². The molecule has 2 amide bonds. The van der Waals surface area contributed by atoms with Crippen molar-refractivity contribution in [2.75, 3.05) is 6.61 Å². The van der Waals surface area contributed by atoms with Crippen LogP contribution in [-0.2, 0) is 11.3 Å². The smallest absolute Gasteiger partial charge is 0.407 e. The Morgan fingerprint density at radius 3 is 2.29 bits per heavy atom. The molecular weight excluding hydrogens is 485 g/mol. The zero-order valence-electron chi connectivity index (χ0n) is 19.0. The Bertz CT molecular complexity index is 1090. The molecule has 0 unspecified atom stereocenters. The van der Waals surface area contributed by atoms with Gasteiger partial charge in [0.05, 0.1) is 18.2 Å². The maximum Gasteiger partial charge on any atom is 0.407 e. The summed E-state index contributed by atoms with van der Waals surface area (Å²) in [6.07, 6.45) is 2.26. The predicted octanol–water partition coefficient (Wildman–Crippen LogP) is 4.69. The molecule has 7 nitrogen and oxygen atoms in total. The van der Waals surface area contributed by atoms with Crippen LogP contribution in [0.5, 0.6) is 0 Å². The SMILES string of the molecule is CCOC(=O)NC1CCC(NC(=NCc2ccc(Cl)c(F)c2)NC(=O)c2ccc(F)c(F)c2)CC1. The Kier molecular flexibility index (Phi) is 9.36. The molecule has 1 saturated carbocycles. The van der Waals surface area contributed by atoms with Gasteiger partial charge in [-0.15, -0.1) is 0 Å². The van der Waals surface area contributed by atoms with Crippen molar-refractivity contribution in [3.8, 4) is 0 Å². The maximum atomic E-state index is 13.8. The number of guanidine groups is 1. The molecule has 0 aromatic heterocycles. The highest BCUT2D eigenvalue weighted by molar-refractivity contribution is 6.30. The van der Waals surface area contributed by atoms with Crippen molar-refractivity contribution >= 4 is 29.6 Å². The molecule has 0 aliphatic heterocycles. The molecule has 0 bridgehead atoms. The minimum absolute atomic E-state index is 0.0177. The second-order valence-electron chi connectivity index (χ2n) is 8.05. The van der Waals surface area contributed by atoms with E-state index in [1.807, 2.05) is 0 Å². The van der Waals surface area contributed by atoms with E-state index in [1.165, 1.54) is 12.1 Å². The van der Waals surface area contributed by atoms with Gasteiger partial charge in [-0.05, 0) is 68.5 Å². The first-order chi connectivity index (χ1) is 16.7. The number of rotatable bonds is 6. The number of nitrogens with one attached hydrogen (secondary N) is 3. The van der Waals surface area contributed by atoms with E-state index in [0.29, 0.717) is 31.2 Å². The lowest BCUT2D eigenvalue weighted by atomic mass is 9.91. The number of hydrogen-bond donors (Lipinski definition) is 3. The number of ether oxygens (including phenoxy) is 1. The van der Waals surface area contributed by atoms with Gasteiger partial charge in [-0.1, -0.05) is 17.7 Å². The summed E-state index contributed by atoms with van der Waals surface area (Å²) >= 11 is 5.72. The van der Waals surface area contributed by atoms with Crippen LogP contribution in [0.2, 0.25) is 5.02 Å². The van der Waals surface area contributed by atoms with Crippen LogP contribution < -0.4 is 16.0 Å². The van der Waals surface area contributed by atoms with Crippen molar-refractivity contribution in [2.45, 2.75) is 51.2 Å². The normalized spacial score (nSPS) is 18.0. The summed E-state index contributed by atoms with van der Waals surface area (Å²) in [7, 11) is 0. The van der Waals surface area contributed by atoms with Crippen LogP contribution in [0.3, 0.4) is 0 Å². The number of halogens is 4. The molecular formula is C24H26ClF3N4O3. The first-order valence-corrected chi connectivity index (χ1v) is 11.6. The molecule has 188 valence electrons. The van der Waals surface area contributed by atoms with Crippen LogP contribution in [-0.4, -0.2) is 36.7 Å². The van der Waals surface area contributed by atoms with Crippen molar-refractivity contribution in [3.05, 3.63) is 70.0 Å². The average molecular weight is 511 g/mol. The lowest BCUT2D eigenvalue weighted by molar-refractivity contribution is 0.0974. The number of carbonyl (C=O) groups is 2. The number of benzene rings is 2. The number of aliphatic imine (C=N–C) groups is 1. The zero-order valence-corrected chi connectivity index (χ0v) is 19.8. The monoisotopic (exact) mass is 510 g/mol. The fraction of sp³-hybridized carbons (Fsp3) is 0.375. The van der Waals surface area contributed by atoms with Gasteiger partial charge in [0.25, 0.3) is 5.91 Å². The van der Waals surface area contributed by atoms with E-state index in [4.69, 9.17) is 16.3 Å². The van der Waals surface area contributed by atoms with Gasteiger partial charge in [0.2, 0.25) is 0 Å².